The van der Waals surface area contributed by atoms with Crippen molar-refractivity contribution in [2.75, 3.05) is 19.0 Å². The van der Waals surface area contributed by atoms with Crippen molar-refractivity contribution in [2.24, 2.45) is 0 Å². The fourth-order valence-electron chi connectivity index (χ4n) is 3.05. The van der Waals surface area contributed by atoms with Crippen LogP contribution in [0.5, 0.6) is 5.75 Å². The molecule has 2 N–H and O–H groups in total. The number of aryl methyl sites for hydroxylation is 3. The van der Waals surface area contributed by atoms with Crippen LogP contribution in [0, 0.1) is 20.8 Å². The quantitative estimate of drug-likeness (QED) is 0.675. The van der Waals surface area contributed by atoms with Gasteiger partial charge >= 0.3 is 0 Å². The van der Waals surface area contributed by atoms with Crippen molar-refractivity contribution in [3.63, 3.8) is 0 Å². The van der Waals surface area contributed by atoms with Gasteiger partial charge in [-0.05, 0) is 68.3 Å². The summed E-state index contributed by atoms with van der Waals surface area (Å²) in [6.07, 6.45) is 0. The summed E-state index contributed by atoms with van der Waals surface area (Å²) >= 11 is 0. The van der Waals surface area contributed by atoms with Crippen LogP contribution >= 0.6 is 0 Å². The second kappa shape index (κ2) is 8.60. The molecule has 150 valence electrons. The lowest BCUT2D eigenvalue weighted by molar-refractivity contribution is -0.115. The maximum Gasteiger partial charge on any atom is 0.251 e. The molecule has 0 saturated carbocycles. The number of amides is 2. The molecule has 0 atom stereocenters. The van der Waals surface area contributed by atoms with Gasteiger partial charge in [0.25, 0.3) is 5.91 Å². The standard InChI is InChI=1S/C22H24N4O3/c1-14-9-15(2)11-18(10-14)26-20(12-16(3)25-26)24-21(27)13-23-22(28)17-5-7-19(29-4)8-6-17/h5-12H,13H2,1-4H3,(H,23,28)(H,24,27). The van der Waals surface area contributed by atoms with Crippen LogP contribution in [-0.4, -0.2) is 35.2 Å². The summed E-state index contributed by atoms with van der Waals surface area (Å²) in [5, 5.41) is 9.92. The number of nitrogens with one attached hydrogen (secondary N) is 2. The van der Waals surface area contributed by atoms with Crippen LogP contribution in [0.15, 0.2) is 48.5 Å². The van der Waals surface area contributed by atoms with Gasteiger partial charge in [-0.1, -0.05) is 6.07 Å². The first kappa shape index (κ1) is 20.1. The normalized spacial score (nSPS) is 10.5. The zero-order chi connectivity index (χ0) is 21.0. The molecule has 1 aromatic heterocycles. The predicted octanol–water partition coefficient (Wildman–Crippen LogP) is 3.17. The first-order valence-electron chi connectivity index (χ1n) is 9.23. The summed E-state index contributed by atoms with van der Waals surface area (Å²) in [5.41, 5.74) is 4.32. The molecular formula is C22H24N4O3. The Kier molecular flexibility index (Phi) is 5.97. The van der Waals surface area contributed by atoms with Crippen LogP contribution in [0.3, 0.4) is 0 Å². The van der Waals surface area contributed by atoms with Gasteiger partial charge in [-0.2, -0.15) is 5.10 Å². The number of ether oxygens (including phenoxy) is 1. The van der Waals surface area contributed by atoms with Crippen molar-refractivity contribution < 1.29 is 14.3 Å². The first-order valence-corrected chi connectivity index (χ1v) is 9.23. The second-order valence-corrected chi connectivity index (χ2v) is 6.89. The average molecular weight is 392 g/mol. The van der Waals surface area contributed by atoms with Crippen LogP contribution in [0.4, 0.5) is 5.82 Å². The molecule has 0 aliphatic heterocycles. The van der Waals surface area contributed by atoms with E-state index < -0.39 is 0 Å². The number of hydrogen-bond donors (Lipinski definition) is 2. The smallest absolute Gasteiger partial charge is 0.251 e. The Hall–Kier alpha value is -3.61. The SMILES string of the molecule is COc1ccc(C(=O)NCC(=O)Nc2cc(C)nn2-c2cc(C)cc(C)c2)cc1. The third-order valence-electron chi connectivity index (χ3n) is 4.31. The number of methoxy groups -OCH3 is 1. The van der Waals surface area contributed by atoms with Crippen molar-refractivity contribution in [3.05, 3.63) is 70.9 Å². The Morgan fingerprint density at radius 1 is 1.00 bits per heavy atom. The Morgan fingerprint density at radius 3 is 2.28 bits per heavy atom. The Balaban J connectivity index is 1.67. The van der Waals surface area contributed by atoms with Crippen LogP contribution in [0.2, 0.25) is 0 Å². The van der Waals surface area contributed by atoms with Crippen LogP contribution in [0.1, 0.15) is 27.2 Å². The van der Waals surface area contributed by atoms with Gasteiger partial charge in [0.2, 0.25) is 5.91 Å². The van der Waals surface area contributed by atoms with Gasteiger partial charge in [-0.25, -0.2) is 4.68 Å². The van der Waals surface area contributed by atoms with Crippen LogP contribution in [-0.2, 0) is 4.79 Å². The number of nitrogens with zero attached hydrogens (tertiary/aromatic N) is 2. The molecule has 29 heavy (non-hydrogen) atoms. The first-order chi connectivity index (χ1) is 13.9. The van der Waals surface area contributed by atoms with Gasteiger partial charge in [0, 0.05) is 11.6 Å². The van der Waals surface area contributed by atoms with Crippen molar-refractivity contribution in [2.45, 2.75) is 20.8 Å². The van der Waals surface area contributed by atoms with Crippen LogP contribution < -0.4 is 15.4 Å². The van der Waals surface area contributed by atoms with E-state index in [1.165, 1.54) is 0 Å². The molecular weight excluding hydrogens is 368 g/mol. The highest BCUT2D eigenvalue weighted by Crippen LogP contribution is 2.19. The molecule has 2 aromatic carbocycles. The van der Waals surface area contributed by atoms with E-state index >= 15 is 0 Å². The number of carbonyl (C=O) groups excluding carboxylic acids is 2. The minimum Gasteiger partial charge on any atom is -0.497 e. The van der Waals surface area contributed by atoms with E-state index in [0.717, 1.165) is 22.5 Å². The summed E-state index contributed by atoms with van der Waals surface area (Å²) in [4.78, 5) is 24.6. The van der Waals surface area contributed by atoms with Crippen molar-refractivity contribution in [1.29, 1.82) is 0 Å². The zero-order valence-electron chi connectivity index (χ0n) is 16.9. The van der Waals surface area contributed by atoms with Crippen molar-refractivity contribution in [1.82, 2.24) is 15.1 Å². The van der Waals surface area contributed by atoms with E-state index in [9.17, 15) is 9.59 Å². The van der Waals surface area contributed by atoms with E-state index in [4.69, 9.17) is 4.74 Å². The molecule has 2 amide bonds. The maximum absolute atomic E-state index is 12.4. The summed E-state index contributed by atoms with van der Waals surface area (Å²) in [6, 6.07) is 14.5. The third kappa shape index (κ3) is 5.01. The molecule has 7 heteroatoms. The number of benzene rings is 2. The molecule has 0 fully saturated rings. The van der Waals surface area contributed by atoms with Crippen molar-refractivity contribution in [3.8, 4) is 11.4 Å². The fraction of sp³-hybridized carbons (Fsp3) is 0.227. The van der Waals surface area contributed by atoms with Gasteiger partial charge in [-0.3, -0.25) is 9.59 Å². The maximum atomic E-state index is 12.4. The highest BCUT2D eigenvalue weighted by Gasteiger charge is 2.13. The van der Waals surface area contributed by atoms with Crippen LogP contribution in [0.25, 0.3) is 5.69 Å². The van der Waals surface area contributed by atoms with E-state index in [0.29, 0.717) is 17.1 Å². The molecule has 0 bridgehead atoms. The minimum atomic E-state index is -0.336. The zero-order valence-corrected chi connectivity index (χ0v) is 16.9. The molecule has 7 nitrogen and oxygen atoms in total. The van der Waals surface area contributed by atoms with E-state index in [1.54, 1.807) is 42.1 Å². The Morgan fingerprint density at radius 2 is 1.66 bits per heavy atom. The molecule has 0 unspecified atom stereocenters. The van der Waals surface area contributed by atoms with Gasteiger partial charge in [0.15, 0.2) is 0 Å². The topological polar surface area (TPSA) is 85.2 Å². The van der Waals surface area contributed by atoms with Gasteiger partial charge in [0.1, 0.15) is 11.6 Å². The number of hydrogen-bond acceptors (Lipinski definition) is 4. The molecule has 3 aromatic rings. The van der Waals surface area contributed by atoms with E-state index in [-0.39, 0.29) is 18.4 Å². The highest BCUT2D eigenvalue weighted by molar-refractivity contribution is 5.99. The third-order valence-corrected chi connectivity index (χ3v) is 4.31. The number of rotatable bonds is 6. The predicted molar refractivity (Wildman–Crippen MR) is 112 cm³/mol. The molecule has 0 aliphatic rings. The molecule has 0 spiro atoms. The second-order valence-electron chi connectivity index (χ2n) is 6.89. The monoisotopic (exact) mass is 392 g/mol. The van der Waals surface area contributed by atoms with Crippen molar-refractivity contribution >= 4 is 17.6 Å². The molecule has 0 radical (unpaired) electrons. The minimum absolute atomic E-state index is 0.151. The van der Waals surface area contributed by atoms with E-state index in [2.05, 4.69) is 21.8 Å². The lowest BCUT2D eigenvalue weighted by atomic mass is 10.1. The summed E-state index contributed by atoms with van der Waals surface area (Å²) < 4.78 is 6.77. The number of anilines is 1. The number of aromatic nitrogens is 2. The molecule has 0 aliphatic carbocycles. The summed E-state index contributed by atoms with van der Waals surface area (Å²) in [6.45, 7) is 5.74. The molecule has 0 saturated heterocycles. The number of carbonyl (C=O) groups is 2. The Labute approximate surface area is 169 Å². The van der Waals surface area contributed by atoms with E-state index in [1.807, 2.05) is 32.9 Å². The summed E-state index contributed by atoms with van der Waals surface area (Å²) in [5.74, 6) is 0.546. The van der Waals surface area contributed by atoms with Gasteiger partial charge < -0.3 is 15.4 Å². The average Bonchev–Trinajstić information content (AvgIpc) is 3.05. The van der Waals surface area contributed by atoms with Gasteiger partial charge in [-0.15, -0.1) is 0 Å². The highest BCUT2D eigenvalue weighted by atomic mass is 16.5. The summed E-state index contributed by atoms with van der Waals surface area (Å²) in [7, 11) is 1.56. The largest absolute Gasteiger partial charge is 0.497 e. The lowest BCUT2D eigenvalue weighted by Crippen LogP contribution is -2.33. The fourth-order valence-corrected chi connectivity index (χ4v) is 3.05. The Bertz CT molecular complexity index is 1020. The molecule has 1 heterocycles. The van der Waals surface area contributed by atoms with Gasteiger partial charge in [0.05, 0.1) is 25.0 Å². The molecule has 3 rings (SSSR count). The lowest BCUT2D eigenvalue weighted by Gasteiger charge is -2.11.